The Bertz CT molecular complexity index is 862. The highest BCUT2D eigenvalue weighted by Gasteiger charge is 2.10. The third-order valence-corrected chi connectivity index (χ3v) is 4.91. The van der Waals surface area contributed by atoms with Crippen molar-refractivity contribution in [3.8, 4) is 0 Å². The average molecular weight is 375 g/mol. The SMILES string of the molecule is OCCCCCNCc1cn(Cc2ccc(F)cc2Cl)c2ccccc12. The molecule has 0 atom stereocenters. The van der Waals surface area contributed by atoms with Crippen molar-refractivity contribution >= 4 is 22.5 Å². The molecule has 2 aromatic carbocycles. The minimum atomic E-state index is -0.317. The van der Waals surface area contributed by atoms with Gasteiger partial charge in [0.2, 0.25) is 0 Å². The van der Waals surface area contributed by atoms with E-state index in [1.54, 1.807) is 6.07 Å². The number of hydrogen-bond acceptors (Lipinski definition) is 2. The molecule has 0 aliphatic rings. The van der Waals surface area contributed by atoms with E-state index in [4.69, 9.17) is 16.7 Å². The molecule has 0 spiro atoms. The van der Waals surface area contributed by atoms with Gasteiger partial charge in [-0.1, -0.05) is 35.9 Å². The summed E-state index contributed by atoms with van der Waals surface area (Å²) < 4.78 is 15.4. The van der Waals surface area contributed by atoms with Gasteiger partial charge in [0.15, 0.2) is 0 Å². The lowest BCUT2D eigenvalue weighted by Gasteiger charge is -2.07. The number of para-hydroxylation sites is 1. The summed E-state index contributed by atoms with van der Waals surface area (Å²) in [5.41, 5.74) is 3.28. The van der Waals surface area contributed by atoms with Crippen LogP contribution in [0.5, 0.6) is 0 Å². The molecule has 2 N–H and O–H groups in total. The number of aliphatic hydroxyl groups is 1. The van der Waals surface area contributed by atoms with Gasteiger partial charge in [0, 0.05) is 41.8 Å². The molecule has 0 amide bonds. The number of rotatable bonds is 9. The predicted molar refractivity (Wildman–Crippen MR) is 105 cm³/mol. The Kier molecular flexibility index (Phi) is 6.67. The first-order chi connectivity index (χ1) is 12.7. The summed E-state index contributed by atoms with van der Waals surface area (Å²) >= 11 is 6.20. The van der Waals surface area contributed by atoms with Gasteiger partial charge in [-0.3, -0.25) is 0 Å². The van der Waals surface area contributed by atoms with Crippen molar-refractivity contribution in [1.82, 2.24) is 9.88 Å². The Morgan fingerprint density at radius 1 is 1.04 bits per heavy atom. The molecule has 0 unspecified atom stereocenters. The number of fused-ring (bicyclic) bond motifs is 1. The third-order valence-electron chi connectivity index (χ3n) is 4.55. The van der Waals surface area contributed by atoms with Crippen LogP contribution in [0.25, 0.3) is 10.9 Å². The predicted octanol–water partition coefficient (Wildman–Crippen LogP) is 4.73. The first kappa shape index (κ1) is 18.9. The molecule has 0 saturated carbocycles. The van der Waals surface area contributed by atoms with Crippen LogP contribution in [0, 0.1) is 5.82 Å². The average Bonchev–Trinajstić information content (AvgIpc) is 2.98. The molecule has 26 heavy (non-hydrogen) atoms. The van der Waals surface area contributed by atoms with Gasteiger partial charge in [0.1, 0.15) is 5.82 Å². The fraction of sp³-hybridized carbons (Fsp3) is 0.333. The number of hydrogen-bond donors (Lipinski definition) is 2. The number of nitrogens with zero attached hydrogens (tertiary/aromatic N) is 1. The van der Waals surface area contributed by atoms with Crippen LogP contribution >= 0.6 is 11.6 Å². The van der Waals surface area contributed by atoms with Crippen molar-refractivity contribution in [2.75, 3.05) is 13.2 Å². The molecule has 0 bridgehead atoms. The van der Waals surface area contributed by atoms with Crippen LogP contribution in [0.1, 0.15) is 30.4 Å². The molecule has 0 fully saturated rings. The van der Waals surface area contributed by atoms with Gasteiger partial charge >= 0.3 is 0 Å². The number of aromatic nitrogens is 1. The number of halogens is 2. The smallest absolute Gasteiger partial charge is 0.124 e. The zero-order valence-corrected chi connectivity index (χ0v) is 15.5. The van der Waals surface area contributed by atoms with Crippen molar-refractivity contribution < 1.29 is 9.50 Å². The molecule has 0 saturated heterocycles. The molecule has 0 aliphatic heterocycles. The van der Waals surface area contributed by atoms with E-state index in [0.29, 0.717) is 11.6 Å². The second kappa shape index (κ2) is 9.17. The van der Waals surface area contributed by atoms with Gasteiger partial charge in [-0.15, -0.1) is 0 Å². The van der Waals surface area contributed by atoms with Crippen LogP contribution in [-0.4, -0.2) is 22.8 Å². The molecule has 1 heterocycles. The molecule has 0 aliphatic carbocycles. The van der Waals surface area contributed by atoms with Gasteiger partial charge in [0.25, 0.3) is 0 Å². The van der Waals surface area contributed by atoms with E-state index >= 15 is 0 Å². The Labute approximate surface area is 158 Å². The first-order valence-corrected chi connectivity index (χ1v) is 9.39. The minimum absolute atomic E-state index is 0.263. The normalized spacial score (nSPS) is 11.3. The number of unbranched alkanes of at least 4 members (excludes halogenated alkanes) is 2. The Hall–Kier alpha value is -1.88. The monoisotopic (exact) mass is 374 g/mol. The summed E-state index contributed by atoms with van der Waals surface area (Å²) in [6, 6.07) is 12.8. The van der Waals surface area contributed by atoms with Crippen molar-refractivity contribution in [3.05, 3.63) is 70.6 Å². The maximum absolute atomic E-state index is 13.3. The maximum Gasteiger partial charge on any atom is 0.124 e. The van der Waals surface area contributed by atoms with E-state index in [1.165, 1.54) is 23.1 Å². The topological polar surface area (TPSA) is 37.2 Å². The van der Waals surface area contributed by atoms with Crippen molar-refractivity contribution in [2.24, 2.45) is 0 Å². The van der Waals surface area contributed by atoms with Crippen molar-refractivity contribution in [3.63, 3.8) is 0 Å². The molecular formula is C21H24ClFN2O. The van der Waals surface area contributed by atoms with E-state index < -0.39 is 0 Å². The van der Waals surface area contributed by atoms with Crippen LogP contribution in [0.2, 0.25) is 5.02 Å². The Morgan fingerprint density at radius 2 is 1.88 bits per heavy atom. The standard InChI is InChI=1S/C21H24ClFN2O/c22-20-12-18(23)9-8-16(20)14-25-15-17(13-24-10-4-1-5-11-26)19-6-2-3-7-21(19)25/h2-3,6-9,12,15,24,26H,1,4-5,10-11,13-14H2. The van der Waals surface area contributed by atoms with Gasteiger partial charge in [-0.25, -0.2) is 4.39 Å². The van der Waals surface area contributed by atoms with E-state index in [-0.39, 0.29) is 12.4 Å². The second-order valence-electron chi connectivity index (χ2n) is 6.50. The molecule has 3 aromatic rings. The lowest BCUT2D eigenvalue weighted by molar-refractivity contribution is 0.283. The molecule has 3 rings (SSSR count). The summed E-state index contributed by atoms with van der Waals surface area (Å²) in [5.74, 6) is -0.317. The number of aliphatic hydroxyl groups excluding tert-OH is 1. The second-order valence-corrected chi connectivity index (χ2v) is 6.90. The molecule has 5 heteroatoms. The fourth-order valence-electron chi connectivity index (χ4n) is 3.19. The summed E-state index contributed by atoms with van der Waals surface area (Å²) in [5, 5.41) is 14.0. The zero-order chi connectivity index (χ0) is 18.4. The number of nitrogens with one attached hydrogen (secondary N) is 1. The minimum Gasteiger partial charge on any atom is -0.396 e. The largest absolute Gasteiger partial charge is 0.396 e. The first-order valence-electron chi connectivity index (χ1n) is 9.01. The van der Waals surface area contributed by atoms with Gasteiger partial charge in [-0.05, 0) is 55.1 Å². The van der Waals surface area contributed by atoms with Crippen molar-refractivity contribution in [1.29, 1.82) is 0 Å². The lowest BCUT2D eigenvalue weighted by atomic mass is 10.1. The van der Waals surface area contributed by atoms with Crippen LogP contribution in [0.4, 0.5) is 4.39 Å². The molecular weight excluding hydrogens is 351 g/mol. The van der Waals surface area contributed by atoms with Gasteiger partial charge < -0.3 is 15.0 Å². The lowest BCUT2D eigenvalue weighted by Crippen LogP contribution is -2.14. The van der Waals surface area contributed by atoms with Crippen LogP contribution in [-0.2, 0) is 13.1 Å². The highest BCUT2D eigenvalue weighted by atomic mass is 35.5. The Balaban J connectivity index is 1.74. The van der Waals surface area contributed by atoms with Crippen LogP contribution < -0.4 is 5.32 Å². The quantitative estimate of drug-likeness (QED) is 0.531. The van der Waals surface area contributed by atoms with Crippen LogP contribution in [0.15, 0.2) is 48.7 Å². The van der Waals surface area contributed by atoms with E-state index in [9.17, 15) is 4.39 Å². The number of benzene rings is 2. The highest BCUT2D eigenvalue weighted by Crippen LogP contribution is 2.25. The van der Waals surface area contributed by atoms with Crippen LogP contribution in [0.3, 0.4) is 0 Å². The fourth-order valence-corrected chi connectivity index (χ4v) is 3.42. The highest BCUT2D eigenvalue weighted by molar-refractivity contribution is 6.31. The summed E-state index contributed by atoms with van der Waals surface area (Å²) in [6.07, 6.45) is 5.10. The third kappa shape index (κ3) is 4.64. The molecule has 0 radical (unpaired) electrons. The van der Waals surface area contributed by atoms with Gasteiger partial charge in [-0.2, -0.15) is 0 Å². The van der Waals surface area contributed by atoms with Crippen molar-refractivity contribution in [2.45, 2.75) is 32.4 Å². The Morgan fingerprint density at radius 3 is 2.69 bits per heavy atom. The summed E-state index contributed by atoms with van der Waals surface area (Å²) in [6.45, 7) is 2.60. The van der Waals surface area contributed by atoms with E-state index in [1.807, 2.05) is 12.1 Å². The molecule has 3 nitrogen and oxygen atoms in total. The summed E-state index contributed by atoms with van der Waals surface area (Å²) in [7, 11) is 0. The van der Waals surface area contributed by atoms with Gasteiger partial charge in [0.05, 0.1) is 0 Å². The molecule has 138 valence electrons. The van der Waals surface area contributed by atoms with E-state index in [2.05, 4.69) is 28.2 Å². The molecule has 1 aromatic heterocycles. The zero-order valence-electron chi connectivity index (χ0n) is 14.7. The maximum atomic E-state index is 13.3. The summed E-state index contributed by atoms with van der Waals surface area (Å²) in [4.78, 5) is 0. The van der Waals surface area contributed by atoms with E-state index in [0.717, 1.165) is 43.4 Å².